The Kier molecular flexibility index (Phi) is 4.37. The highest BCUT2D eigenvalue weighted by atomic mass is 79.9. The third-order valence-electron chi connectivity index (χ3n) is 3.55. The van der Waals surface area contributed by atoms with Gasteiger partial charge in [0.2, 0.25) is 4.96 Å². The lowest BCUT2D eigenvalue weighted by Crippen LogP contribution is -2.23. The molecule has 4 aromatic rings. The van der Waals surface area contributed by atoms with Gasteiger partial charge in [0.15, 0.2) is 5.82 Å². The van der Waals surface area contributed by atoms with Gasteiger partial charge in [-0.25, -0.2) is 0 Å². The molecule has 0 fully saturated rings. The predicted molar refractivity (Wildman–Crippen MR) is 106 cm³/mol. The van der Waals surface area contributed by atoms with Crippen LogP contribution in [0.5, 0.6) is 0 Å². The summed E-state index contributed by atoms with van der Waals surface area (Å²) in [6, 6.07) is 12.8. The fraction of sp³-hybridized carbons (Fsp3) is 0. The van der Waals surface area contributed by atoms with Crippen LogP contribution in [0.25, 0.3) is 22.4 Å². The zero-order chi connectivity index (χ0) is 17.6. The molecule has 2 aromatic carbocycles. The number of aromatic nitrogens is 3. The molecule has 8 heteroatoms. The minimum atomic E-state index is -0.209. The number of nitrogens with zero attached hydrogens (tertiary/aromatic N) is 3. The van der Waals surface area contributed by atoms with Crippen molar-refractivity contribution in [3.8, 4) is 11.4 Å². The first-order valence-corrected chi connectivity index (χ1v) is 9.51. The van der Waals surface area contributed by atoms with Gasteiger partial charge in [0.25, 0.3) is 5.56 Å². The lowest BCUT2D eigenvalue weighted by atomic mass is 10.2. The van der Waals surface area contributed by atoms with E-state index < -0.39 is 0 Å². The summed E-state index contributed by atoms with van der Waals surface area (Å²) in [5.74, 6) is 0.400. The molecule has 2 heterocycles. The van der Waals surface area contributed by atoms with Crippen molar-refractivity contribution < 1.29 is 0 Å². The molecular formula is C17H8BrCl2N3OS. The standard InChI is InChI=1S/C17H8BrCl2N3OS/c18-12-4-2-1-3-9(12)7-14-16(24)23-17(25-14)21-15(22-23)11-6-5-10(19)8-13(11)20/h1-8H/b14-7-. The van der Waals surface area contributed by atoms with Gasteiger partial charge in [0.1, 0.15) is 0 Å². The Balaban J connectivity index is 1.85. The van der Waals surface area contributed by atoms with Crippen molar-refractivity contribution in [2.75, 3.05) is 0 Å². The van der Waals surface area contributed by atoms with Crippen LogP contribution in [0.4, 0.5) is 0 Å². The van der Waals surface area contributed by atoms with Gasteiger partial charge in [-0.05, 0) is 35.9 Å². The van der Waals surface area contributed by atoms with E-state index in [1.54, 1.807) is 18.2 Å². The van der Waals surface area contributed by atoms with E-state index >= 15 is 0 Å². The summed E-state index contributed by atoms with van der Waals surface area (Å²) in [4.78, 5) is 17.5. The molecule has 0 saturated carbocycles. The number of thiazole rings is 1. The van der Waals surface area contributed by atoms with Crippen LogP contribution in [0.1, 0.15) is 5.56 Å². The molecular weight excluding hydrogens is 445 g/mol. The number of hydrogen-bond acceptors (Lipinski definition) is 4. The van der Waals surface area contributed by atoms with Gasteiger partial charge in [-0.1, -0.05) is 68.7 Å². The molecule has 0 unspecified atom stereocenters. The van der Waals surface area contributed by atoms with Gasteiger partial charge in [-0.2, -0.15) is 9.50 Å². The van der Waals surface area contributed by atoms with Crippen molar-refractivity contribution in [2.45, 2.75) is 0 Å². The van der Waals surface area contributed by atoms with Crippen LogP contribution in [-0.2, 0) is 0 Å². The van der Waals surface area contributed by atoms with Gasteiger partial charge < -0.3 is 0 Å². The van der Waals surface area contributed by atoms with Crippen LogP contribution in [0.3, 0.4) is 0 Å². The molecule has 124 valence electrons. The molecule has 2 aromatic heterocycles. The van der Waals surface area contributed by atoms with E-state index in [0.29, 0.717) is 30.9 Å². The Morgan fingerprint density at radius 2 is 1.96 bits per heavy atom. The molecule has 4 rings (SSSR count). The fourth-order valence-corrected chi connectivity index (χ4v) is 4.14. The van der Waals surface area contributed by atoms with E-state index in [1.165, 1.54) is 15.9 Å². The Morgan fingerprint density at radius 3 is 2.68 bits per heavy atom. The average molecular weight is 453 g/mol. The molecule has 0 aliphatic heterocycles. The van der Waals surface area contributed by atoms with Crippen molar-refractivity contribution >= 4 is 61.5 Å². The lowest BCUT2D eigenvalue weighted by molar-refractivity contribution is 0.937. The normalized spacial score (nSPS) is 12.2. The fourth-order valence-electron chi connectivity index (χ4n) is 2.35. The molecule has 0 spiro atoms. The maximum atomic E-state index is 12.6. The molecule has 0 N–H and O–H groups in total. The molecule has 0 aliphatic carbocycles. The molecule has 0 radical (unpaired) electrons. The SMILES string of the molecule is O=c1/c(=C/c2ccccc2Br)sc2nc(-c3ccc(Cl)cc3Cl)nn12. The third-order valence-corrected chi connectivity index (χ3v) is 5.77. The summed E-state index contributed by atoms with van der Waals surface area (Å²) in [6.45, 7) is 0. The van der Waals surface area contributed by atoms with E-state index in [2.05, 4.69) is 26.0 Å². The monoisotopic (exact) mass is 451 g/mol. The van der Waals surface area contributed by atoms with Gasteiger partial charge >= 0.3 is 0 Å². The molecule has 25 heavy (non-hydrogen) atoms. The summed E-state index contributed by atoms with van der Waals surface area (Å²) in [5.41, 5.74) is 1.35. The zero-order valence-electron chi connectivity index (χ0n) is 12.4. The van der Waals surface area contributed by atoms with Crippen molar-refractivity contribution in [2.24, 2.45) is 0 Å². The molecule has 0 bridgehead atoms. The molecule has 0 amide bonds. The number of halogens is 3. The van der Waals surface area contributed by atoms with Crippen molar-refractivity contribution in [3.05, 3.63) is 77.4 Å². The zero-order valence-corrected chi connectivity index (χ0v) is 16.3. The van der Waals surface area contributed by atoms with Gasteiger partial charge in [0, 0.05) is 15.1 Å². The minimum absolute atomic E-state index is 0.209. The Labute approximate surface area is 164 Å². The summed E-state index contributed by atoms with van der Waals surface area (Å²) in [5, 5.41) is 5.28. The maximum absolute atomic E-state index is 12.6. The second-order valence-electron chi connectivity index (χ2n) is 5.19. The second kappa shape index (κ2) is 6.53. The molecule has 0 saturated heterocycles. The van der Waals surface area contributed by atoms with Crippen LogP contribution in [0, 0.1) is 0 Å². The van der Waals surface area contributed by atoms with Gasteiger partial charge in [-0.3, -0.25) is 4.79 Å². The Bertz CT molecular complexity index is 1220. The van der Waals surface area contributed by atoms with Crippen molar-refractivity contribution in [1.29, 1.82) is 0 Å². The van der Waals surface area contributed by atoms with Gasteiger partial charge in [-0.15, -0.1) is 5.10 Å². The molecule has 4 nitrogen and oxygen atoms in total. The van der Waals surface area contributed by atoms with Crippen LogP contribution in [-0.4, -0.2) is 14.6 Å². The van der Waals surface area contributed by atoms with Crippen LogP contribution < -0.4 is 10.1 Å². The Morgan fingerprint density at radius 1 is 1.16 bits per heavy atom. The topological polar surface area (TPSA) is 47.3 Å². The summed E-state index contributed by atoms with van der Waals surface area (Å²) < 4.78 is 2.78. The van der Waals surface area contributed by atoms with Crippen molar-refractivity contribution in [3.63, 3.8) is 0 Å². The van der Waals surface area contributed by atoms with Gasteiger partial charge in [0.05, 0.1) is 9.55 Å². The highest BCUT2D eigenvalue weighted by Gasteiger charge is 2.14. The molecule has 0 aliphatic rings. The number of hydrogen-bond donors (Lipinski definition) is 0. The summed E-state index contributed by atoms with van der Waals surface area (Å²) >= 11 is 16.9. The van der Waals surface area contributed by atoms with Crippen LogP contribution in [0.15, 0.2) is 51.7 Å². The van der Waals surface area contributed by atoms with Crippen LogP contribution in [0.2, 0.25) is 10.0 Å². The lowest BCUT2D eigenvalue weighted by Gasteiger charge is -1.99. The summed E-state index contributed by atoms with van der Waals surface area (Å²) in [7, 11) is 0. The number of benzene rings is 2. The number of rotatable bonds is 2. The highest BCUT2D eigenvalue weighted by molar-refractivity contribution is 9.10. The van der Waals surface area contributed by atoms with E-state index in [0.717, 1.165) is 10.0 Å². The largest absolute Gasteiger partial charge is 0.291 e. The van der Waals surface area contributed by atoms with Crippen LogP contribution >= 0.6 is 50.5 Å². The average Bonchev–Trinajstić information content (AvgIpc) is 3.10. The first kappa shape index (κ1) is 16.7. The smallest absolute Gasteiger partial charge is 0.266 e. The highest BCUT2D eigenvalue weighted by Crippen LogP contribution is 2.28. The number of fused-ring (bicyclic) bond motifs is 1. The minimum Gasteiger partial charge on any atom is -0.266 e. The van der Waals surface area contributed by atoms with E-state index in [1.807, 2.05) is 30.3 Å². The summed E-state index contributed by atoms with van der Waals surface area (Å²) in [6.07, 6.45) is 1.82. The Hall–Kier alpha value is -1.73. The van der Waals surface area contributed by atoms with Crippen molar-refractivity contribution in [1.82, 2.24) is 14.6 Å². The predicted octanol–water partition coefficient (Wildman–Crippen LogP) is 4.44. The first-order valence-electron chi connectivity index (χ1n) is 7.14. The quantitative estimate of drug-likeness (QED) is 0.451. The van der Waals surface area contributed by atoms with E-state index in [-0.39, 0.29) is 5.56 Å². The van der Waals surface area contributed by atoms with E-state index in [9.17, 15) is 4.79 Å². The first-order chi connectivity index (χ1) is 12.0. The molecule has 0 atom stereocenters. The maximum Gasteiger partial charge on any atom is 0.291 e. The third kappa shape index (κ3) is 3.11. The van der Waals surface area contributed by atoms with E-state index in [4.69, 9.17) is 23.2 Å². The second-order valence-corrected chi connectivity index (χ2v) is 7.90.